The van der Waals surface area contributed by atoms with Crippen LogP contribution in [0.25, 0.3) is 11.1 Å². The molecule has 34 heavy (non-hydrogen) atoms. The summed E-state index contributed by atoms with van der Waals surface area (Å²) in [5, 5.41) is 1.15. The molecule has 3 fully saturated rings. The van der Waals surface area contributed by atoms with Crippen molar-refractivity contribution in [1.82, 2.24) is 9.80 Å². The van der Waals surface area contributed by atoms with Gasteiger partial charge in [0.2, 0.25) is 5.91 Å². The van der Waals surface area contributed by atoms with Gasteiger partial charge < -0.3 is 19.4 Å². The summed E-state index contributed by atoms with van der Waals surface area (Å²) in [5.41, 5.74) is 2.26. The first kappa shape index (κ1) is 23.4. The van der Waals surface area contributed by atoms with Gasteiger partial charge in [0.15, 0.2) is 0 Å². The molecule has 2 aromatic rings. The molecule has 0 bridgehead atoms. The fourth-order valence-electron chi connectivity index (χ4n) is 5.45. The molecule has 0 aliphatic carbocycles. The monoisotopic (exact) mass is 481 g/mol. The van der Waals surface area contributed by atoms with E-state index in [1.54, 1.807) is 11.3 Å². The fourth-order valence-corrected chi connectivity index (χ4v) is 6.65. The maximum Gasteiger partial charge on any atom is 0.264 e. The molecular formula is C27H35N3O3S. The predicted octanol–water partition coefficient (Wildman–Crippen LogP) is 4.36. The average molecular weight is 482 g/mol. The summed E-state index contributed by atoms with van der Waals surface area (Å²) in [6.07, 6.45) is 3.86. The summed E-state index contributed by atoms with van der Waals surface area (Å²) in [4.78, 5) is 33.7. The third kappa shape index (κ3) is 5.01. The van der Waals surface area contributed by atoms with Crippen LogP contribution in [-0.2, 0) is 9.53 Å². The number of nitrogens with zero attached hydrogens (tertiary/aromatic N) is 3. The van der Waals surface area contributed by atoms with E-state index in [0.717, 1.165) is 66.4 Å². The molecule has 0 N–H and O–H groups in total. The Morgan fingerprint density at radius 3 is 2.38 bits per heavy atom. The second-order valence-electron chi connectivity index (χ2n) is 9.89. The van der Waals surface area contributed by atoms with Crippen molar-refractivity contribution in [3.8, 4) is 11.1 Å². The van der Waals surface area contributed by atoms with E-state index in [-0.39, 0.29) is 11.8 Å². The molecule has 182 valence electrons. The highest BCUT2D eigenvalue weighted by molar-refractivity contribution is 7.18. The number of carbonyl (C=O) groups excluding carboxylic acids is 2. The van der Waals surface area contributed by atoms with Gasteiger partial charge in [0.05, 0.1) is 23.1 Å². The minimum atomic E-state index is 0.0569. The van der Waals surface area contributed by atoms with Crippen LogP contribution in [0.5, 0.6) is 0 Å². The summed E-state index contributed by atoms with van der Waals surface area (Å²) in [6, 6.07) is 12.4. The number of piperidine rings is 2. The molecule has 6 nitrogen and oxygen atoms in total. The van der Waals surface area contributed by atoms with E-state index >= 15 is 0 Å². The van der Waals surface area contributed by atoms with Crippen LogP contribution in [0, 0.1) is 11.8 Å². The number of hydrogen-bond acceptors (Lipinski definition) is 5. The number of thiophene rings is 1. The van der Waals surface area contributed by atoms with Gasteiger partial charge >= 0.3 is 0 Å². The number of benzene rings is 1. The Bertz CT molecular complexity index is 994. The lowest BCUT2D eigenvalue weighted by molar-refractivity contribution is -0.138. The van der Waals surface area contributed by atoms with Crippen molar-refractivity contribution in [2.75, 3.05) is 57.4 Å². The summed E-state index contributed by atoms with van der Waals surface area (Å²) >= 11 is 1.60. The van der Waals surface area contributed by atoms with E-state index in [1.165, 1.54) is 6.42 Å². The van der Waals surface area contributed by atoms with Crippen LogP contribution >= 0.6 is 11.3 Å². The molecule has 7 heteroatoms. The molecule has 3 aliphatic heterocycles. The van der Waals surface area contributed by atoms with Crippen LogP contribution < -0.4 is 4.90 Å². The van der Waals surface area contributed by atoms with Gasteiger partial charge in [-0.25, -0.2) is 0 Å². The molecule has 2 amide bonds. The van der Waals surface area contributed by atoms with Crippen LogP contribution in [0.4, 0.5) is 5.00 Å². The fraction of sp³-hybridized carbons (Fsp3) is 0.556. The van der Waals surface area contributed by atoms with Crippen LogP contribution in [0.15, 0.2) is 36.4 Å². The molecule has 0 radical (unpaired) electrons. The molecule has 3 aliphatic rings. The normalized spacial score (nSPS) is 22.1. The second-order valence-corrected chi connectivity index (χ2v) is 10.9. The number of ether oxygens (including phenoxy) is 1. The van der Waals surface area contributed by atoms with Gasteiger partial charge in [-0.05, 0) is 43.2 Å². The van der Waals surface area contributed by atoms with Crippen molar-refractivity contribution in [3.63, 3.8) is 0 Å². The van der Waals surface area contributed by atoms with E-state index in [9.17, 15) is 9.59 Å². The van der Waals surface area contributed by atoms with Gasteiger partial charge in [-0.15, -0.1) is 11.3 Å². The van der Waals surface area contributed by atoms with Gasteiger partial charge in [-0.1, -0.05) is 37.3 Å². The van der Waals surface area contributed by atoms with Crippen molar-refractivity contribution in [3.05, 3.63) is 41.3 Å². The van der Waals surface area contributed by atoms with Gasteiger partial charge in [-0.2, -0.15) is 0 Å². The number of rotatable bonds is 4. The molecular weight excluding hydrogens is 446 g/mol. The van der Waals surface area contributed by atoms with Gasteiger partial charge in [0.25, 0.3) is 5.91 Å². The van der Waals surface area contributed by atoms with Crippen molar-refractivity contribution < 1.29 is 14.3 Å². The number of amides is 2. The van der Waals surface area contributed by atoms with E-state index in [4.69, 9.17) is 4.74 Å². The maximum atomic E-state index is 13.5. The number of hydrogen-bond donors (Lipinski definition) is 0. The molecule has 1 unspecified atom stereocenters. The third-order valence-electron chi connectivity index (χ3n) is 7.41. The highest BCUT2D eigenvalue weighted by Gasteiger charge is 2.33. The van der Waals surface area contributed by atoms with Crippen molar-refractivity contribution in [2.24, 2.45) is 11.8 Å². The van der Waals surface area contributed by atoms with E-state index in [1.807, 2.05) is 23.1 Å². The summed E-state index contributed by atoms with van der Waals surface area (Å²) in [7, 11) is 0. The van der Waals surface area contributed by atoms with E-state index in [0.29, 0.717) is 38.1 Å². The largest absolute Gasteiger partial charge is 0.378 e. The molecule has 5 rings (SSSR count). The van der Waals surface area contributed by atoms with Crippen LogP contribution in [0.3, 0.4) is 0 Å². The van der Waals surface area contributed by atoms with Crippen LogP contribution in [0.2, 0.25) is 0 Å². The third-order valence-corrected chi connectivity index (χ3v) is 8.59. The molecule has 1 aromatic heterocycles. The van der Waals surface area contributed by atoms with Crippen molar-refractivity contribution in [1.29, 1.82) is 0 Å². The van der Waals surface area contributed by atoms with E-state index < -0.39 is 0 Å². The number of carbonyl (C=O) groups is 2. The Balaban J connectivity index is 1.28. The summed E-state index contributed by atoms with van der Waals surface area (Å²) < 4.78 is 5.55. The highest BCUT2D eigenvalue weighted by atomic mass is 32.1. The van der Waals surface area contributed by atoms with Gasteiger partial charge in [-0.3, -0.25) is 9.59 Å². The Morgan fingerprint density at radius 2 is 1.68 bits per heavy atom. The molecule has 4 heterocycles. The Hall–Kier alpha value is -2.38. The summed E-state index contributed by atoms with van der Waals surface area (Å²) in [6.45, 7) is 8.45. The average Bonchev–Trinajstić information content (AvgIpc) is 3.35. The second kappa shape index (κ2) is 10.5. The lowest BCUT2D eigenvalue weighted by Gasteiger charge is -2.37. The molecule has 3 saturated heterocycles. The lowest BCUT2D eigenvalue weighted by atomic mass is 9.92. The van der Waals surface area contributed by atoms with E-state index in [2.05, 4.69) is 34.9 Å². The van der Waals surface area contributed by atoms with Crippen LogP contribution in [-0.4, -0.2) is 74.1 Å². The zero-order valence-corrected chi connectivity index (χ0v) is 20.9. The first-order chi connectivity index (χ1) is 16.6. The Morgan fingerprint density at radius 1 is 0.941 bits per heavy atom. The van der Waals surface area contributed by atoms with Gasteiger partial charge in [0.1, 0.15) is 0 Å². The van der Waals surface area contributed by atoms with Crippen molar-refractivity contribution in [2.45, 2.75) is 32.6 Å². The SMILES string of the molecule is CC1CCCN(C(=O)C2CCN(C(=O)c3cc(-c4ccccc4)c(N4CCOCC4)s3)CC2)C1. The molecule has 1 aromatic carbocycles. The zero-order chi connectivity index (χ0) is 23.5. The standard InChI is InChI=1S/C27H35N3O3S/c1-20-6-5-11-30(19-20)25(31)22-9-12-28(13-10-22)26(32)24-18-23(21-7-3-2-4-8-21)27(34-24)29-14-16-33-17-15-29/h2-4,7-8,18,20,22H,5-6,9-17,19H2,1H3. The Labute approximate surface area is 206 Å². The predicted molar refractivity (Wildman–Crippen MR) is 136 cm³/mol. The number of likely N-dealkylation sites (tertiary alicyclic amines) is 2. The van der Waals surface area contributed by atoms with Crippen molar-refractivity contribution >= 4 is 28.2 Å². The molecule has 0 spiro atoms. The zero-order valence-electron chi connectivity index (χ0n) is 20.1. The molecule has 1 atom stereocenters. The maximum absolute atomic E-state index is 13.5. The van der Waals surface area contributed by atoms with Gasteiger partial charge in [0, 0.05) is 50.7 Å². The minimum absolute atomic E-state index is 0.0569. The highest BCUT2D eigenvalue weighted by Crippen LogP contribution is 2.40. The number of anilines is 1. The Kier molecular flexibility index (Phi) is 7.21. The molecule has 0 saturated carbocycles. The first-order valence-corrected chi connectivity index (χ1v) is 13.5. The summed E-state index contributed by atoms with van der Waals surface area (Å²) in [5.74, 6) is 1.05. The number of morpholine rings is 1. The van der Waals surface area contributed by atoms with Crippen LogP contribution in [0.1, 0.15) is 42.3 Å². The quantitative estimate of drug-likeness (QED) is 0.651. The topological polar surface area (TPSA) is 53.1 Å². The smallest absolute Gasteiger partial charge is 0.264 e. The first-order valence-electron chi connectivity index (χ1n) is 12.7. The lowest BCUT2D eigenvalue weighted by Crippen LogP contribution is -2.46. The minimum Gasteiger partial charge on any atom is -0.378 e.